The van der Waals surface area contributed by atoms with Gasteiger partial charge in [0.25, 0.3) is 11.3 Å². The lowest BCUT2D eigenvalue weighted by Crippen LogP contribution is -2.20. The molecular weight excluding hydrogens is 326 g/mol. The van der Waals surface area contributed by atoms with Crippen molar-refractivity contribution in [3.8, 4) is 11.4 Å². The second-order valence-electron chi connectivity index (χ2n) is 5.28. The van der Waals surface area contributed by atoms with Gasteiger partial charge in [0.1, 0.15) is 5.75 Å². The lowest BCUT2D eigenvalue weighted by molar-refractivity contribution is 0.475. The van der Waals surface area contributed by atoms with Gasteiger partial charge in [-0.05, 0) is 43.5 Å². The average Bonchev–Trinajstić information content (AvgIpc) is 2.99. The van der Waals surface area contributed by atoms with Crippen LogP contribution in [0.1, 0.15) is 5.69 Å². The summed E-state index contributed by atoms with van der Waals surface area (Å²) in [5.41, 5.74) is 1.76. The minimum absolute atomic E-state index is 0.152. The van der Waals surface area contributed by atoms with E-state index in [0.717, 1.165) is 0 Å². The Morgan fingerprint density at radius 3 is 2.58 bits per heavy atom. The fraction of sp³-hybridized carbons (Fsp3) is 0.125. The van der Waals surface area contributed by atoms with Crippen LogP contribution in [0, 0.1) is 6.92 Å². The largest absolute Gasteiger partial charge is 0.508 e. The summed E-state index contributed by atoms with van der Waals surface area (Å²) in [6.07, 6.45) is 3.58. The Hall–Kier alpha value is -2.87. The molecule has 0 amide bonds. The molecule has 4 aromatic rings. The molecule has 0 aliphatic rings. The monoisotopic (exact) mass is 339 g/mol. The topological polar surface area (TPSA) is 85.3 Å². The van der Waals surface area contributed by atoms with Gasteiger partial charge in [-0.3, -0.25) is 9.36 Å². The molecule has 4 rings (SSSR count). The van der Waals surface area contributed by atoms with Crippen molar-refractivity contribution in [1.82, 2.24) is 24.1 Å². The molecule has 0 saturated heterocycles. The van der Waals surface area contributed by atoms with Crippen molar-refractivity contribution in [2.75, 3.05) is 6.26 Å². The smallest absolute Gasteiger partial charge is 0.266 e. The molecule has 0 fully saturated rings. The molecule has 0 saturated carbocycles. The van der Waals surface area contributed by atoms with Crippen LogP contribution in [0.4, 0.5) is 0 Å². The van der Waals surface area contributed by atoms with E-state index in [4.69, 9.17) is 0 Å². The number of nitrogens with zero attached hydrogens (tertiary/aromatic N) is 5. The summed E-state index contributed by atoms with van der Waals surface area (Å²) < 4.78 is 3.12. The number of rotatable bonds is 2. The summed E-state index contributed by atoms with van der Waals surface area (Å²) in [6.45, 7) is 1.79. The molecule has 8 heteroatoms. The highest BCUT2D eigenvalue weighted by Crippen LogP contribution is 2.19. The third-order valence-corrected chi connectivity index (χ3v) is 4.35. The third-order valence-electron chi connectivity index (χ3n) is 3.81. The Balaban J connectivity index is 2.05. The standard InChI is InChI=1S/C16H13N5O2S/c1-9-13-12(21-15(17-9)18-16(19-21)24-2)7-8-20(14(13)23)10-3-5-11(22)6-4-10/h3-8,22H,1-2H3. The van der Waals surface area contributed by atoms with E-state index in [2.05, 4.69) is 15.1 Å². The summed E-state index contributed by atoms with van der Waals surface area (Å²) in [5.74, 6) is 0.630. The van der Waals surface area contributed by atoms with Crippen molar-refractivity contribution in [3.63, 3.8) is 0 Å². The van der Waals surface area contributed by atoms with Crippen LogP contribution in [0.2, 0.25) is 0 Å². The molecule has 24 heavy (non-hydrogen) atoms. The van der Waals surface area contributed by atoms with Gasteiger partial charge < -0.3 is 5.11 Å². The van der Waals surface area contributed by atoms with Crippen LogP contribution in [0.5, 0.6) is 5.75 Å². The van der Waals surface area contributed by atoms with Crippen LogP contribution in [-0.2, 0) is 0 Å². The number of hydrogen-bond donors (Lipinski definition) is 1. The van der Waals surface area contributed by atoms with Gasteiger partial charge in [0, 0.05) is 11.9 Å². The minimum Gasteiger partial charge on any atom is -0.508 e. The summed E-state index contributed by atoms with van der Waals surface area (Å²) in [7, 11) is 0. The lowest BCUT2D eigenvalue weighted by atomic mass is 10.2. The molecule has 0 unspecified atom stereocenters. The molecule has 3 heterocycles. The maximum atomic E-state index is 12.9. The van der Waals surface area contributed by atoms with Crippen molar-refractivity contribution in [1.29, 1.82) is 0 Å². The highest BCUT2D eigenvalue weighted by atomic mass is 32.2. The number of thioether (sulfide) groups is 1. The molecule has 1 aromatic carbocycles. The highest BCUT2D eigenvalue weighted by Gasteiger charge is 2.14. The molecule has 0 atom stereocenters. The maximum absolute atomic E-state index is 12.9. The summed E-state index contributed by atoms with van der Waals surface area (Å²) in [5, 5.41) is 14.9. The zero-order valence-electron chi connectivity index (χ0n) is 13.0. The van der Waals surface area contributed by atoms with Gasteiger partial charge in [-0.25, -0.2) is 4.98 Å². The number of aromatic hydroxyl groups is 1. The molecule has 7 nitrogen and oxygen atoms in total. The Morgan fingerprint density at radius 1 is 1.12 bits per heavy atom. The summed E-state index contributed by atoms with van der Waals surface area (Å²) in [4.78, 5) is 21.7. The predicted molar refractivity (Wildman–Crippen MR) is 92.1 cm³/mol. The average molecular weight is 339 g/mol. The van der Waals surface area contributed by atoms with Crippen molar-refractivity contribution >= 4 is 28.4 Å². The van der Waals surface area contributed by atoms with Crippen LogP contribution in [-0.4, -0.2) is 35.5 Å². The van der Waals surface area contributed by atoms with E-state index in [-0.39, 0.29) is 11.3 Å². The number of pyridine rings is 1. The first-order valence-corrected chi connectivity index (χ1v) is 8.43. The number of aryl methyl sites for hydroxylation is 1. The van der Waals surface area contributed by atoms with E-state index < -0.39 is 0 Å². The highest BCUT2D eigenvalue weighted by molar-refractivity contribution is 7.98. The number of hydrogen-bond acceptors (Lipinski definition) is 6. The summed E-state index contributed by atoms with van der Waals surface area (Å²) >= 11 is 1.42. The van der Waals surface area contributed by atoms with Crippen molar-refractivity contribution < 1.29 is 5.11 Å². The van der Waals surface area contributed by atoms with Gasteiger partial charge >= 0.3 is 0 Å². The van der Waals surface area contributed by atoms with Gasteiger partial charge in [0.15, 0.2) is 0 Å². The van der Waals surface area contributed by atoms with E-state index in [9.17, 15) is 9.90 Å². The molecule has 120 valence electrons. The van der Waals surface area contributed by atoms with E-state index in [1.54, 1.807) is 41.9 Å². The van der Waals surface area contributed by atoms with Crippen LogP contribution in [0.15, 0.2) is 46.5 Å². The minimum atomic E-state index is -0.189. The lowest BCUT2D eigenvalue weighted by Gasteiger charge is -2.09. The van der Waals surface area contributed by atoms with Crippen molar-refractivity contribution in [2.45, 2.75) is 12.1 Å². The van der Waals surface area contributed by atoms with Gasteiger partial charge in [0.2, 0.25) is 5.16 Å². The first-order chi connectivity index (χ1) is 11.6. The van der Waals surface area contributed by atoms with Gasteiger partial charge in [-0.15, -0.1) is 5.10 Å². The Kier molecular flexibility index (Phi) is 3.27. The predicted octanol–water partition coefficient (Wildman–Crippen LogP) is 2.16. The van der Waals surface area contributed by atoms with Gasteiger partial charge in [0.05, 0.1) is 16.6 Å². The number of benzene rings is 1. The zero-order chi connectivity index (χ0) is 16.8. The van der Waals surface area contributed by atoms with Gasteiger partial charge in [-0.2, -0.15) is 9.50 Å². The van der Waals surface area contributed by atoms with Crippen LogP contribution in [0.3, 0.4) is 0 Å². The van der Waals surface area contributed by atoms with E-state index >= 15 is 0 Å². The quantitative estimate of drug-likeness (QED) is 0.563. The normalized spacial score (nSPS) is 11.4. The Bertz CT molecular complexity index is 1130. The number of aromatic nitrogens is 5. The first kappa shape index (κ1) is 14.7. The second kappa shape index (κ2) is 5.34. The Labute approximate surface area is 140 Å². The maximum Gasteiger partial charge on any atom is 0.266 e. The molecular formula is C16H13N5O2S. The number of phenolic OH excluding ortho intramolecular Hbond substituents is 1. The molecule has 3 aromatic heterocycles. The van der Waals surface area contributed by atoms with E-state index in [1.807, 2.05) is 12.3 Å². The van der Waals surface area contributed by atoms with Crippen LogP contribution < -0.4 is 5.56 Å². The van der Waals surface area contributed by atoms with Crippen molar-refractivity contribution in [3.05, 3.63) is 52.6 Å². The second-order valence-corrected chi connectivity index (χ2v) is 6.05. The van der Waals surface area contributed by atoms with E-state index in [1.165, 1.54) is 16.3 Å². The number of fused-ring (bicyclic) bond motifs is 3. The van der Waals surface area contributed by atoms with Gasteiger partial charge in [-0.1, -0.05) is 11.8 Å². The molecule has 0 spiro atoms. The molecule has 0 aliphatic carbocycles. The molecule has 0 bridgehead atoms. The fourth-order valence-corrected chi connectivity index (χ4v) is 3.01. The van der Waals surface area contributed by atoms with Crippen LogP contribution in [0.25, 0.3) is 22.4 Å². The molecule has 1 N–H and O–H groups in total. The van der Waals surface area contributed by atoms with E-state index in [0.29, 0.717) is 33.2 Å². The number of phenols is 1. The fourth-order valence-electron chi connectivity index (χ4n) is 2.67. The van der Waals surface area contributed by atoms with Crippen molar-refractivity contribution in [2.24, 2.45) is 0 Å². The zero-order valence-corrected chi connectivity index (χ0v) is 13.8. The van der Waals surface area contributed by atoms with Crippen LogP contribution >= 0.6 is 11.8 Å². The third kappa shape index (κ3) is 2.15. The summed E-state index contributed by atoms with van der Waals surface area (Å²) in [6, 6.07) is 8.28. The first-order valence-electron chi connectivity index (χ1n) is 7.20. The molecule has 0 radical (unpaired) electrons. The molecule has 0 aliphatic heterocycles. The SMILES string of the molecule is CSc1nc2nc(C)c3c(=O)n(-c4ccc(O)cc4)ccc3n2n1. The Morgan fingerprint density at radius 2 is 1.88 bits per heavy atom.